The van der Waals surface area contributed by atoms with E-state index in [9.17, 15) is 5.11 Å². The fourth-order valence-corrected chi connectivity index (χ4v) is 3.29. The van der Waals surface area contributed by atoms with Crippen molar-refractivity contribution < 1.29 is 5.11 Å². The molecule has 1 N–H and O–H groups in total. The van der Waals surface area contributed by atoms with Crippen LogP contribution in [-0.2, 0) is 0 Å². The fraction of sp³-hybridized carbons (Fsp3) is 0.857. The predicted molar refractivity (Wildman–Crippen MR) is 103 cm³/mol. The van der Waals surface area contributed by atoms with Gasteiger partial charge in [-0.05, 0) is 12.8 Å². The quantitative estimate of drug-likeness (QED) is 0.324. The molecule has 0 aliphatic rings. The Kier molecular flexibility index (Phi) is 13.9. The summed E-state index contributed by atoms with van der Waals surface area (Å²) in [4.78, 5) is 3.97. The van der Waals surface area contributed by atoms with Crippen molar-refractivity contribution in [3.8, 4) is 0 Å². The maximum absolute atomic E-state index is 9.94. The molecule has 1 unspecified atom stereocenters. The zero-order chi connectivity index (χ0) is 17.3. The summed E-state index contributed by atoms with van der Waals surface area (Å²) in [6.07, 6.45) is 26.4. The van der Waals surface area contributed by atoms with Crippen molar-refractivity contribution >= 4 is 0 Å². The molecule has 0 bridgehead atoms. The molecule has 140 valence electrons. The number of aromatic nitrogens is 2. The molecule has 0 amide bonds. The average Bonchev–Trinajstić information content (AvgIpc) is 3.13. The molecule has 0 aromatic carbocycles. The van der Waals surface area contributed by atoms with E-state index in [1.807, 2.05) is 6.20 Å². The molecule has 0 saturated carbocycles. The summed E-state index contributed by atoms with van der Waals surface area (Å²) >= 11 is 0. The molecular weight excluding hydrogens is 296 g/mol. The molecule has 3 nitrogen and oxygen atoms in total. The van der Waals surface area contributed by atoms with E-state index in [1.54, 1.807) is 17.1 Å². The van der Waals surface area contributed by atoms with Gasteiger partial charge in [-0.25, -0.2) is 4.98 Å². The van der Waals surface area contributed by atoms with E-state index in [0.717, 1.165) is 12.8 Å². The zero-order valence-electron chi connectivity index (χ0n) is 16.0. The molecule has 1 aromatic rings. The lowest BCUT2D eigenvalue weighted by Gasteiger charge is -2.11. The normalized spacial score (nSPS) is 12.6. The van der Waals surface area contributed by atoms with Gasteiger partial charge >= 0.3 is 0 Å². The van der Waals surface area contributed by atoms with Crippen molar-refractivity contribution in [1.29, 1.82) is 0 Å². The van der Waals surface area contributed by atoms with Gasteiger partial charge in [0.05, 0.1) is 6.33 Å². The maximum Gasteiger partial charge on any atom is 0.131 e. The fourth-order valence-electron chi connectivity index (χ4n) is 3.29. The van der Waals surface area contributed by atoms with Gasteiger partial charge in [0.25, 0.3) is 0 Å². The Labute approximate surface area is 149 Å². The number of rotatable bonds is 17. The standard InChI is InChI=1S/C21H40N2O/c1-2-3-4-5-6-7-8-9-10-11-12-13-14-15-16-17-21(24)23-19-18-22-20-23/h18-21,24H,2-17H2,1H3. The number of hydrogen-bond donors (Lipinski definition) is 1. The van der Waals surface area contributed by atoms with E-state index in [4.69, 9.17) is 0 Å². The van der Waals surface area contributed by atoms with E-state index in [-0.39, 0.29) is 0 Å². The van der Waals surface area contributed by atoms with Crippen LogP contribution in [0, 0.1) is 0 Å². The number of nitrogens with zero attached hydrogens (tertiary/aromatic N) is 2. The minimum absolute atomic E-state index is 0.394. The lowest BCUT2D eigenvalue weighted by Crippen LogP contribution is -2.05. The van der Waals surface area contributed by atoms with Crippen molar-refractivity contribution in [1.82, 2.24) is 9.55 Å². The Morgan fingerprint density at radius 1 is 0.750 bits per heavy atom. The third-order valence-electron chi connectivity index (χ3n) is 4.93. The Morgan fingerprint density at radius 3 is 1.62 bits per heavy atom. The lowest BCUT2D eigenvalue weighted by atomic mass is 10.0. The molecule has 0 aliphatic heterocycles. The largest absolute Gasteiger partial charge is 0.373 e. The first-order chi connectivity index (χ1) is 11.8. The van der Waals surface area contributed by atoms with Crippen molar-refractivity contribution in [2.75, 3.05) is 0 Å². The number of imidazole rings is 1. The highest BCUT2D eigenvalue weighted by Crippen LogP contribution is 2.16. The first-order valence-corrected chi connectivity index (χ1v) is 10.5. The summed E-state index contributed by atoms with van der Waals surface area (Å²) < 4.78 is 1.78. The molecule has 3 heteroatoms. The SMILES string of the molecule is CCCCCCCCCCCCCCCCCC(O)n1ccnc1. The highest BCUT2D eigenvalue weighted by atomic mass is 16.3. The Hall–Kier alpha value is -0.830. The first kappa shape index (κ1) is 21.2. The summed E-state index contributed by atoms with van der Waals surface area (Å²) in [5, 5.41) is 9.94. The van der Waals surface area contributed by atoms with Gasteiger partial charge in [-0.1, -0.05) is 96.8 Å². The van der Waals surface area contributed by atoms with Gasteiger partial charge in [-0.3, -0.25) is 0 Å². The highest BCUT2D eigenvalue weighted by Gasteiger charge is 2.04. The van der Waals surface area contributed by atoms with Crippen LogP contribution in [0.4, 0.5) is 0 Å². The van der Waals surface area contributed by atoms with Crippen LogP contribution < -0.4 is 0 Å². The minimum Gasteiger partial charge on any atom is -0.373 e. The van der Waals surface area contributed by atoms with Crippen molar-refractivity contribution in [2.24, 2.45) is 0 Å². The summed E-state index contributed by atoms with van der Waals surface area (Å²) in [7, 11) is 0. The molecule has 24 heavy (non-hydrogen) atoms. The highest BCUT2D eigenvalue weighted by molar-refractivity contribution is 4.76. The van der Waals surface area contributed by atoms with Crippen LogP contribution >= 0.6 is 0 Å². The van der Waals surface area contributed by atoms with Crippen LogP contribution in [0.5, 0.6) is 0 Å². The second-order valence-corrected chi connectivity index (χ2v) is 7.23. The van der Waals surface area contributed by atoms with E-state index in [0.29, 0.717) is 0 Å². The first-order valence-electron chi connectivity index (χ1n) is 10.5. The summed E-state index contributed by atoms with van der Waals surface area (Å²) in [5.41, 5.74) is 0. The molecule has 1 atom stereocenters. The molecule has 0 spiro atoms. The van der Waals surface area contributed by atoms with E-state index in [1.165, 1.54) is 89.9 Å². The Morgan fingerprint density at radius 2 is 1.21 bits per heavy atom. The van der Waals surface area contributed by atoms with Crippen molar-refractivity contribution in [2.45, 2.75) is 116 Å². The van der Waals surface area contributed by atoms with Gasteiger partial charge < -0.3 is 9.67 Å². The van der Waals surface area contributed by atoms with Crippen LogP contribution in [0.2, 0.25) is 0 Å². The molecule has 0 fully saturated rings. The molecule has 1 aromatic heterocycles. The van der Waals surface area contributed by atoms with E-state index < -0.39 is 6.23 Å². The van der Waals surface area contributed by atoms with E-state index >= 15 is 0 Å². The Balaban J connectivity index is 1.73. The number of hydrogen-bond acceptors (Lipinski definition) is 2. The second-order valence-electron chi connectivity index (χ2n) is 7.23. The number of aliphatic hydroxyl groups excluding tert-OH is 1. The van der Waals surface area contributed by atoms with Crippen molar-refractivity contribution in [3.05, 3.63) is 18.7 Å². The molecule has 0 saturated heterocycles. The molecule has 0 radical (unpaired) electrons. The minimum atomic E-state index is -0.394. The van der Waals surface area contributed by atoms with Crippen LogP contribution in [0.25, 0.3) is 0 Å². The van der Waals surface area contributed by atoms with Crippen LogP contribution in [0.3, 0.4) is 0 Å². The monoisotopic (exact) mass is 336 g/mol. The molecule has 1 heterocycles. The summed E-state index contributed by atoms with van der Waals surface area (Å²) in [6.45, 7) is 2.28. The molecular formula is C21H40N2O. The third-order valence-corrected chi connectivity index (χ3v) is 4.93. The second kappa shape index (κ2) is 15.7. The smallest absolute Gasteiger partial charge is 0.131 e. The third kappa shape index (κ3) is 11.7. The Bertz CT molecular complexity index is 351. The number of aliphatic hydroxyl groups is 1. The van der Waals surface area contributed by atoms with Gasteiger partial charge in [0.2, 0.25) is 0 Å². The number of unbranched alkanes of at least 4 members (excludes halogenated alkanes) is 14. The van der Waals surface area contributed by atoms with Gasteiger partial charge in [-0.15, -0.1) is 0 Å². The maximum atomic E-state index is 9.94. The van der Waals surface area contributed by atoms with Crippen LogP contribution in [0.1, 0.15) is 116 Å². The molecule has 0 aliphatic carbocycles. The average molecular weight is 337 g/mol. The van der Waals surface area contributed by atoms with Gasteiger partial charge in [0.15, 0.2) is 0 Å². The summed E-state index contributed by atoms with van der Waals surface area (Å²) in [5.74, 6) is 0. The van der Waals surface area contributed by atoms with E-state index in [2.05, 4.69) is 11.9 Å². The lowest BCUT2D eigenvalue weighted by molar-refractivity contribution is 0.0912. The predicted octanol–water partition coefficient (Wildman–Crippen LogP) is 6.64. The van der Waals surface area contributed by atoms with Gasteiger partial charge in [0, 0.05) is 12.4 Å². The zero-order valence-corrected chi connectivity index (χ0v) is 16.0. The van der Waals surface area contributed by atoms with Gasteiger partial charge in [0.1, 0.15) is 6.23 Å². The molecule has 1 rings (SSSR count). The van der Waals surface area contributed by atoms with Crippen LogP contribution in [0.15, 0.2) is 18.7 Å². The van der Waals surface area contributed by atoms with Crippen LogP contribution in [-0.4, -0.2) is 14.7 Å². The summed E-state index contributed by atoms with van der Waals surface area (Å²) in [6, 6.07) is 0. The van der Waals surface area contributed by atoms with Crippen molar-refractivity contribution in [3.63, 3.8) is 0 Å². The van der Waals surface area contributed by atoms with Gasteiger partial charge in [-0.2, -0.15) is 0 Å². The topological polar surface area (TPSA) is 38.0 Å².